The summed E-state index contributed by atoms with van der Waals surface area (Å²) in [5.74, 6) is 0.837. The van der Waals surface area contributed by atoms with Gasteiger partial charge in [0.25, 0.3) is 0 Å². The van der Waals surface area contributed by atoms with Crippen LogP contribution in [0.3, 0.4) is 0 Å². The van der Waals surface area contributed by atoms with E-state index in [1.807, 2.05) is 11.8 Å². The molecule has 0 radical (unpaired) electrons. The molecule has 0 aliphatic carbocycles. The second kappa shape index (κ2) is 7.99. The molecule has 2 unspecified atom stereocenters. The summed E-state index contributed by atoms with van der Waals surface area (Å²) in [4.78, 5) is 14.0. The molecule has 1 heterocycles. The fraction of sp³-hybridized carbons (Fsp3) is 0.938. The molecule has 118 valence electrons. The number of nitrogens with zero attached hydrogens (tertiary/aromatic N) is 1. The minimum Gasteiger partial charge on any atom is -0.396 e. The van der Waals surface area contributed by atoms with Gasteiger partial charge in [-0.1, -0.05) is 27.7 Å². The van der Waals surface area contributed by atoms with Crippen molar-refractivity contribution in [3.05, 3.63) is 0 Å². The second-order valence-electron chi connectivity index (χ2n) is 7.25. The third kappa shape index (κ3) is 6.23. The summed E-state index contributed by atoms with van der Waals surface area (Å²) in [6, 6.07) is 0.373. The number of aliphatic hydroxyl groups excluding tert-OH is 1. The fourth-order valence-electron chi connectivity index (χ4n) is 3.18. The first-order valence-corrected chi connectivity index (χ1v) is 7.97. The number of likely N-dealkylation sites (tertiary alicyclic amines) is 1. The standard InChI is InChI=1S/C16H32N2O2/c1-5-15(20)18-11-13(10-16(2,3)4)9-14(12-18)17-7-6-8-19/h13-14,17,19H,5-12H2,1-4H3. The molecule has 2 N–H and O–H groups in total. The van der Waals surface area contributed by atoms with Crippen molar-refractivity contribution in [1.29, 1.82) is 0 Å². The van der Waals surface area contributed by atoms with Gasteiger partial charge in [-0.15, -0.1) is 0 Å². The number of aliphatic hydroxyl groups is 1. The summed E-state index contributed by atoms with van der Waals surface area (Å²) in [6.45, 7) is 11.5. The maximum atomic E-state index is 12.0. The smallest absolute Gasteiger partial charge is 0.222 e. The molecule has 1 fully saturated rings. The predicted molar refractivity (Wildman–Crippen MR) is 82.5 cm³/mol. The highest BCUT2D eigenvalue weighted by molar-refractivity contribution is 5.76. The molecule has 1 saturated heterocycles. The number of hydrogen-bond donors (Lipinski definition) is 2. The molecule has 20 heavy (non-hydrogen) atoms. The van der Waals surface area contributed by atoms with Crippen molar-refractivity contribution in [2.24, 2.45) is 11.3 Å². The number of amides is 1. The van der Waals surface area contributed by atoms with Gasteiger partial charge >= 0.3 is 0 Å². The highest BCUT2D eigenvalue weighted by Crippen LogP contribution is 2.30. The van der Waals surface area contributed by atoms with Gasteiger partial charge in [0.15, 0.2) is 0 Å². The van der Waals surface area contributed by atoms with E-state index in [-0.39, 0.29) is 12.5 Å². The van der Waals surface area contributed by atoms with Gasteiger partial charge in [0.1, 0.15) is 0 Å². The highest BCUT2D eigenvalue weighted by atomic mass is 16.3. The van der Waals surface area contributed by atoms with Crippen molar-refractivity contribution in [3.63, 3.8) is 0 Å². The van der Waals surface area contributed by atoms with Crippen molar-refractivity contribution in [1.82, 2.24) is 10.2 Å². The van der Waals surface area contributed by atoms with Gasteiger partial charge in [-0.05, 0) is 37.1 Å². The summed E-state index contributed by atoms with van der Waals surface area (Å²) in [5, 5.41) is 12.4. The zero-order valence-electron chi connectivity index (χ0n) is 13.6. The molecule has 1 amide bonds. The lowest BCUT2D eigenvalue weighted by atomic mass is 9.80. The van der Waals surface area contributed by atoms with Gasteiger partial charge in [0.2, 0.25) is 5.91 Å². The maximum absolute atomic E-state index is 12.0. The third-order valence-electron chi connectivity index (χ3n) is 3.86. The molecule has 0 aromatic heterocycles. The van der Waals surface area contributed by atoms with Crippen LogP contribution in [0.1, 0.15) is 53.4 Å². The van der Waals surface area contributed by atoms with Crippen LogP contribution >= 0.6 is 0 Å². The summed E-state index contributed by atoms with van der Waals surface area (Å²) in [6.07, 6.45) is 3.66. The van der Waals surface area contributed by atoms with E-state index in [1.165, 1.54) is 0 Å². The third-order valence-corrected chi connectivity index (χ3v) is 3.86. The Morgan fingerprint density at radius 3 is 2.60 bits per heavy atom. The quantitative estimate of drug-likeness (QED) is 0.734. The Kier molecular flexibility index (Phi) is 6.96. The number of piperidine rings is 1. The Bertz CT molecular complexity index is 299. The van der Waals surface area contributed by atoms with Gasteiger partial charge in [0, 0.05) is 32.2 Å². The molecule has 0 saturated carbocycles. The average Bonchev–Trinajstić information content (AvgIpc) is 2.36. The summed E-state index contributed by atoms with van der Waals surface area (Å²) >= 11 is 0. The molecule has 2 atom stereocenters. The fourth-order valence-corrected chi connectivity index (χ4v) is 3.18. The number of rotatable bonds is 6. The van der Waals surface area contributed by atoms with E-state index >= 15 is 0 Å². The van der Waals surface area contributed by atoms with E-state index in [0.717, 1.165) is 38.9 Å². The van der Waals surface area contributed by atoms with Crippen molar-refractivity contribution in [3.8, 4) is 0 Å². The number of carbonyl (C=O) groups excluding carboxylic acids is 1. The van der Waals surface area contributed by atoms with Crippen LogP contribution in [0.2, 0.25) is 0 Å². The molecule has 4 nitrogen and oxygen atoms in total. The predicted octanol–water partition coefficient (Wildman–Crippen LogP) is 2.02. The molecule has 4 heteroatoms. The van der Waals surface area contributed by atoms with Crippen LogP contribution in [0.25, 0.3) is 0 Å². The molecule has 1 aliphatic rings. The van der Waals surface area contributed by atoms with Crippen LogP contribution in [-0.4, -0.2) is 48.2 Å². The number of nitrogens with one attached hydrogen (secondary N) is 1. The van der Waals surface area contributed by atoms with Gasteiger partial charge < -0.3 is 15.3 Å². The lowest BCUT2D eigenvalue weighted by molar-refractivity contribution is -0.133. The summed E-state index contributed by atoms with van der Waals surface area (Å²) in [5.41, 5.74) is 0.304. The molecule has 0 bridgehead atoms. The van der Waals surface area contributed by atoms with E-state index in [1.54, 1.807) is 0 Å². The molecular formula is C16H32N2O2. The summed E-state index contributed by atoms with van der Waals surface area (Å²) in [7, 11) is 0. The van der Waals surface area contributed by atoms with Crippen LogP contribution in [0.15, 0.2) is 0 Å². The number of hydrogen-bond acceptors (Lipinski definition) is 3. The average molecular weight is 284 g/mol. The van der Waals surface area contributed by atoms with Crippen molar-refractivity contribution < 1.29 is 9.90 Å². The molecule has 0 aromatic rings. The monoisotopic (exact) mass is 284 g/mol. The Balaban J connectivity index is 2.59. The zero-order valence-corrected chi connectivity index (χ0v) is 13.6. The largest absolute Gasteiger partial charge is 0.396 e. The molecular weight excluding hydrogens is 252 g/mol. The van der Waals surface area contributed by atoms with Gasteiger partial charge in [-0.3, -0.25) is 4.79 Å². The normalized spacial score (nSPS) is 23.9. The Morgan fingerprint density at radius 1 is 1.35 bits per heavy atom. The van der Waals surface area contributed by atoms with Gasteiger partial charge in [-0.2, -0.15) is 0 Å². The van der Waals surface area contributed by atoms with Crippen molar-refractivity contribution >= 4 is 5.91 Å². The van der Waals surface area contributed by atoms with Gasteiger partial charge in [-0.25, -0.2) is 0 Å². The van der Waals surface area contributed by atoms with Crippen LogP contribution in [0, 0.1) is 11.3 Å². The Morgan fingerprint density at radius 2 is 2.05 bits per heavy atom. The Labute approximate surface area is 123 Å². The highest BCUT2D eigenvalue weighted by Gasteiger charge is 2.31. The number of carbonyl (C=O) groups is 1. The lowest BCUT2D eigenvalue weighted by Crippen LogP contribution is -2.51. The molecule has 0 spiro atoms. The van der Waals surface area contributed by atoms with Crippen molar-refractivity contribution in [2.75, 3.05) is 26.2 Å². The molecule has 1 aliphatic heterocycles. The Hall–Kier alpha value is -0.610. The lowest BCUT2D eigenvalue weighted by Gasteiger charge is -2.40. The van der Waals surface area contributed by atoms with Crippen LogP contribution in [0.4, 0.5) is 0 Å². The van der Waals surface area contributed by atoms with Crippen LogP contribution in [-0.2, 0) is 4.79 Å². The first kappa shape index (κ1) is 17.4. The van der Waals surface area contributed by atoms with E-state index < -0.39 is 0 Å². The topological polar surface area (TPSA) is 52.6 Å². The van der Waals surface area contributed by atoms with Crippen molar-refractivity contribution in [2.45, 2.75) is 59.4 Å². The molecule has 0 aromatic carbocycles. The minimum atomic E-state index is 0.225. The van der Waals surface area contributed by atoms with Crippen LogP contribution in [0.5, 0.6) is 0 Å². The second-order valence-corrected chi connectivity index (χ2v) is 7.25. The first-order chi connectivity index (χ1) is 9.35. The summed E-state index contributed by atoms with van der Waals surface area (Å²) < 4.78 is 0. The molecule has 1 rings (SSSR count). The van der Waals surface area contributed by atoms with E-state index in [4.69, 9.17) is 5.11 Å². The van der Waals surface area contributed by atoms with E-state index in [0.29, 0.717) is 23.8 Å². The van der Waals surface area contributed by atoms with Gasteiger partial charge in [0.05, 0.1) is 0 Å². The SMILES string of the molecule is CCC(=O)N1CC(CC(C)(C)C)CC(NCCCO)C1. The van der Waals surface area contributed by atoms with E-state index in [2.05, 4.69) is 26.1 Å². The first-order valence-electron chi connectivity index (χ1n) is 7.97. The minimum absolute atomic E-state index is 0.225. The van der Waals surface area contributed by atoms with E-state index in [9.17, 15) is 4.79 Å². The zero-order chi connectivity index (χ0) is 15.2. The maximum Gasteiger partial charge on any atom is 0.222 e. The van der Waals surface area contributed by atoms with Crippen LogP contribution < -0.4 is 5.32 Å².